The van der Waals surface area contributed by atoms with E-state index in [1.165, 1.54) is 28.0 Å². The molecule has 6 nitrogen and oxygen atoms in total. The van der Waals surface area contributed by atoms with Gasteiger partial charge < -0.3 is 9.40 Å². The average molecular weight is 473 g/mol. The molecule has 0 fully saturated rings. The lowest BCUT2D eigenvalue weighted by Crippen LogP contribution is -2.10. The molecule has 10 heteroatoms. The zero-order valence-corrected chi connectivity index (χ0v) is 18.7. The first-order valence-electron chi connectivity index (χ1n) is 8.86. The molecule has 0 atom stereocenters. The monoisotopic (exact) mass is 472 g/mol. The molecule has 0 aliphatic rings. The molecule has 0 spiro atoms. The fraction of sp³-hybridized carbons (Fsp3) is 0.100. The van der Waals surface area contributed by atoms with Crippen molar-refractivity contribution in [3.8, 4) is 21.9 Å². The summed E-state index contributed by atoms with van der Waals surface area (Å²) in [6.45, 7) is 2.05. The Balaban J connectivity index is 1.36. The van der Waals surface area contributed by atoms with E-state index >= 15 is 0 Å². The number of aryl methyl sites for hydroxylation is 1. The van der Waals surface area contributed by atoms with Gasteiger partial charge in [0.15, 0.2) is 0 Å². The van der Waals surface area contributed by atoms with Crippen LogP contribution in [0.3, 0.4) is 0 Å². The Morgan fingerprint density at radius 1 is 1.17 bits per heavy atom. The largest absolute Gasteiger partial charge is 0.411 e. The Bertz CT molecular complexity index is 1400. The maximum Gasteiger partial charge on any atom is 0.277 e. The van der Waals surface area contributed by atoms with E-state index in [1.54, 1.807) is 23.5 Å². The van der Waals surface area contributed by atoms with Gasteiger partial charge in [-0.25, -0.2) is 4.98 Å². The van der Waals surface area contributed by atoms with E-state index in [4.69, 9.17) is 16.0 Å². The fourth-order valence-corrected chi connectivity index (χ4v) is 5.61. The normalized spacial score (nSPS) is 11.4. The van der Waals surface area contributed by atoms with Crippen molar-refractivity contribution >= 4 is 56.3 Å². The summed E-state index contributed by atoms with van der Waals surface area (Å²) in [4.78, 5) is 23.3. The van der Waals surface area contributed by atoms with Gasteiger partial charge in [-0.1, -0.05) is 23.4 Å². The molecular weight excluding hydrogens is 460 g/mol. The van der Waals surface area contributed by atoms with Crippen LogP contribution in [0.1, 0.15) is 10.7 Å². The first-order valence-corrected chi connectivity index (χ1v) is 11.9. The number of benzene rings is 1. The minimum Gasteiger partial charge on any atom is -0.411 e. The summed E-state index contributed by atoms with van der Waals surface area (Å²) in [5, 5.41) is 11.8. The van der Waals surface area contributed by atoms with Gasteiger partial charge in [0.25, 0.3) is 10.8 Å². The van der Waals surface area contributed by atoms with Crippen LogP contribution in [-0.4, -0.2) is 20.2 Å². The molecule has 0 saturated heterocycles. The van der Waals surface area contributed by atoms with Gasteiger partial charge in [-0.05, 0) is 43.3 Å². The highest BCUT2D eigenvalue weighted by Crippen LogP contribution is 2.35. The van der Waals surface area contributed by atoms with Gasteiger partial charge in [0, 0.05) is 31.3 Å². The highest BCUT2D eigenvalue weighted by Gasteiger charge is 2.15. The zero-order valence-electron chi connectivity index (χ0n) is 15.5. The molecule has 5 rings (SSSR count). The predicted octanol–water partition coefficient (Wildman–Crippen LogP) is 6.02. The second-order valence-corrected chi connectivity index (χ2v) is 9.93. The first kappa shape index (κ1) is 19.5. The molecule has 30 heavy (non-hydrogen) atoms. The molecule has 0 amide bonds. The van der Waals surface area contributed by atoms with Crippen molar-refractivity contribution < 1.29 is 4.42 Å². The Morgan fingerprint density at radius 3 is 2.77 bits per heavy atom. The molecule has 0 bridgehead atoms. The van der Waals surface area contributed by atoms with Crippen molar-refractivity contribution in [1.82, 2.24) is 20.2 Å². The van der Waals surface area contributed by atoms with Crippen LogP contribution in [-0.2, 0) is 5.75 Å². The van der Waals surface area contributed by atoms with Crippen molar-refractivity contribution in [1.29, 1.82) is 0 Å². The fourth-order valence-electron chi connectivity index (χ4n) is 2.93. The molecule has 0 aliphatic heterocycles. The van der Waals surface area contributed by atoms with Crippen LogP contribution in [0.2, 0.25) is 5.02 Å². The number of nitrogens with zero attached hydrogens (tertiary/aromatic N) is 3. The number of rotatable bonds is 5. The second-order valence-electron chi connectivity index (χ2n) is 6.42. The summed E-state index contributed by atoms with van der Waals surface area (Å²) in [6, 6.07) is 11.3. The van der Waals surface area contributed by atoms with Gasteiger partial charge in [-0.3, -0.25) is 4.79 Å². The first-order chi connectivity index (χ1) is 14.6. The third-order valence-corrected chi connectivity index (χ3v) is 7.32. The second kappa shape index (κ2) is 7.99. The number of nitrogens with one attached hydrogen (secondary N) is 1. The Kier molecular flexibility index (Phi) is 5.20. The van der Waals surface area contributed by atoms with Crippen LogP contribution >= 0.6 is 46.0 Å². The molecule has 1 N–H and O–H groups in total. The van der Waals surface area contributed by atoms with Crippen LogP contribution < -0.4 is 5.56 Å². The smallest absolute Gasteiger partial charge is 0.277 e. The lowest BCUT2D eigenvalue weighted by molar-refractivity contribution is 0.465. The molecule has 150 valence electrons. The van der Waals surface area contributed by atoms with E-state index in [-0.39, 0.29) is 5.56 Å². The summed E-state index contributed by atoms with van der Waals surface area (Å²) in [6.07, 6.45) is 0. The topological polar surface area (TPSA) is 84.7 Å². The van der Waals surface area contributed by atoms with Crippen LogP contribution in [0.15, 0.2) is 56.2 Å². The molecule has 0 saturated carbocycles. The lowest BCUT2D eigenvalue weighted by atomic mass is 10.2. The number of fused-ring (bicyclic) bond motifs is 1. The standard InChI is InChI=1S/C20H13ClN4O2S3/c1-10-2-7-14(30-10)13-8-28-19-16(13)17(26)22-15(23-19)9-29-20-25-24-18(27-20)11-3-5-12(21)6-4-11/h2-8H,9H2,1H3,(H,22,23,26). The zero-order chi connectivity index (χ0) is 20.7. The Labute approximate surface area is 188 Å². The molecule has 5 aromatic rings. The van der Waals surface area contributed by atoms with Gasteiger partial charge in [0.05, 0.1) is 11.1 Å². The molecular formula is C20H13ClN4O2S3. The van der Waals surface area contributed by atoms with E-state index in [0.29, 0.717) is 33.1 Å². The summed E-state index contributed by atoms with van der Waals surface area (Å²) in [5.74, 6) is 1.40. The summed E-state index contributed by atoms with van der Waals surface area (Å²) in [5.41, 5.74) is 1.59. The summed E-state index contributed by atoms with van der Waals surface area (Å²) < 4.78 is 5.70. The van der Waals surface area contributed by atoms with E-state index < -0.39 is 0 Å². The van der Waals surface area contributed by atoms with Crippen molar-refractivity contribution in [3.63, 3.8) is 0 Å². The molecule has 4 heterocycles. The number of hydrogen-bond donors (Lipinski definition) is 1. The minimum absolute atomic E-state index is 0.134. The average Bonchev–Trinajstić information content (AvgIpc) is 3.46. The maximum absolute atomic E-state index is 12.7. The Hall–Kier alpha value is -2.46. The van der Waals surface area contributed by atoms with Crippen LogP contribution in [0.4, 0.5) is 0 Å². The number of hydrogen-bond acceptors (Lipinski definition) is 8. The molecule has 0 unspecified atom stereocenters. The van der Waals surface area contributed by atoms with Crippen LogP contribution in [0, 0.1) is 6.92 Å². The highest BCUT2D eigenvalue weighted by molar-refractivity contribution is 7.98. The van der Waals surface area contributed by atoms with Crippen molar-refractivity contribution in [2.45, 2.75) is 17.9 Å². The lowest BCUT2D eigenvalue weighted by Gasteiger charge is -2.00. The maximum atomic E-state index is 12.7. The minimum atomic E-state index is -0.134. The highest BCUT2D eigenvalue weighted by atomic mass is 35.5. The van der Waals surface area contributed by atoms with Crippen LogP contribution in [0.5, 0.6) is 0 Å². The predicted molar refractivity (Wildman–Crippen MR) is 123 cm³/mol. The van der Waals surface area contributed by atoms with Gasteiger partial charge in [-0.15, -0.1) is 32.9 Å². The molecule has 0 radical (unpaired) electrons. The molecule has 0 aliphatic carbocycles. The number of thioether (sulfide) groups is 1. The number of aromatic amines is 1. The Morgan fingerprint density at radius 2 is 2.00 bits per heavy atom. The van der Waals surface area contributed by atoms with E-state index in [2.05, 4.69) is 33.2 Å². The third-order valence-electron chi connectivity index (χ3n) is 4.33. The molecule has 1 aromatic carbocycles. The number of aromatic nitrogens is 4. The van der Waals surface area contributed by atoms with E-state index in [1.807, 2.05) is 23.6 Å². The van der Waals surface area contributed by atoms with Crippen molar-refractivity contribution in [2.24, 2.45) is 0 Å². The van der Waals surface area contributed by atoms with E-state index in [0.717, 1.165) is 20.8 Å². The van der Waals surface area contributed by atoms with Gasteiger partial charge in [-0.2, -0.15) is 0 Å². The third kappa shape index (κ3) is 3.81. The summed E-state index contributed by atoms with van der Waals surface area (Å²) in [7, 11) is 0. The van der Waals surface area contributed by atoms with Crippen LogP contribution in [0.25, 0.3) is 32.1 Å². The number of H-pyrrole nitrogens is 1. The van der Waals surface area contributed by atoms with Crippen molar-refractivity contribution in [2.75, 3.05) is 0 Å². The SMILES string of the molecule is Cc1ccc(-c2csc3nc(CSc4nnc(-c5ccc(Cl)cc5)o4)[nH]c(=O)c23)s1. The van der Waals surface area contributed by atoms with Gasteiger partial charge in [0.2, 0.25) is 5.89 Å². The number of thiophene rings is 2. The summed E-state index contributed by atoms with van der Waals surface area (Å²) >= 11 is 10.4. The quantitative estimate of drug-likeness (QED) is 0.315. The van der Waals surface area contributed by atoms with Gasteiger partial charge >= 0.3 is 0 Å². The van der Waals surface area contributed by atoms with E-state index in [9.17, 15) is 4.79 Å². The van der Waals surface area contributed by atoms with Crippen molar-refractivity contribution in [3.05, 3.63) is 67.9 Å². The molecule has 4 aromatic heterocycles. The number of halogens is 1. The van der Waals surface area contributed by atoms with Gasteiger partial charge in [0.1, 0.15) is 10.7 Å².